The van der Waals surface area contributed by atoms with E-state index in [0.29, 0.717) is 16.7 Å². The van der Waals surface area contributed by atoms with Crippen LogP contribution in [0, 0.1) is 12.3 Å². The van der Waals surface area contributed by atoms with Crippen LogP contribution in [0.3, 0.4) is 0 Å². The number of carbonyl (C=O) groups excluding carboxylic acids is 1. The van der Waals surface area contributed by atoms with Crippen LogP contribution in [0.1, 0.15) is 49.2 Å². The molecule has 1 fully saturated rings. The standard InChI is InChI=1S/C15H23N3O/c1-4-15(5-2)6-7-18(10-15)14(19)12-9-17-11(3)8-13(12)16/h8-9H,4-7,10H2,1-3H3,(H2,16,17). The van der Waals surface area contributed by atoms with E-state index in [1.54, 1.807) is 12.3 Å². The molecule has 2 rings (SSSR count). The summed E-state index contributed by atoms with van der Waals surface area (Å²) in [6.07, 6.45) is 4.93. The van der Waals surface area contributed by atoms with E-state index in [-0.39, 0.29) is 5.91 Å². The summed E-state index contributed by atoms with van der Waals surface area (Å²) in [6.45, 7) is 7.96. The molecule has 4 heteroatoms. The summed E-state index contributed by atoms with van der Waals surface area (Å²) < 4.78 is 0. The van der Waals surface area contributed by atoms with E-state index in [1.807, 2.05) is 11.8 Å². The molecule has 0 radical (unpaired) electrons. The number of aromatic nitrogens is 1. The highest BCUT2D eigenvalue weighted by molar-refractivity contribution is 5.99. The zero-order chi connectivity index (χ0) is 14.0. The lowest BCUT2D eigenvalue weighted by Gasteiger charge is -2.26. The predicted molar refractivity (Wildman–Crippen MR) is 76.9 cm³/mol. The van der Waals surface area contributed by atoms with Gasteiger partial charge in [-0.15, -0.1) is 0 Å². The van der Waals surface area contributed by atoms with Crippen LogP contribution in [0.15, 0.2) is 12.3 Å². The third kappa shape index (κ3) is 2.57. The number of amides is 1. The van der Waals surface area contributed by atoms with Gasteiger partial charge in [0.05, 0.1) is 5.56 Å². The number of hydrogen-bond acceptors (Lipinski definition) is 3. The third-order valence-corrected chi connectivity index (χ3v) is 4.53. The summed E-state index contributed by atoms with van der Waals surface area (Å²) in [5, 5.41) is 0. The average molecular weight is 261 g/mol. The maximum absolute atomic E-state index is 12.5. The molecule has 0 aliphatic carbocycles. The number of nitrogen functional groups attached to an aromatic ring is 1. The fourth-order valence-corrected chi connectivity index (χ4v) is 2.87. The van der Waals surface area contributed by atoms with Crippen molar-refractivity contribution in [3.63, 3.8) is 0 Å². The van der Waals surface area contributed by atoms with Crippen LogP contribution in [0.4, 0.5) is 5.69 Å². The number of anilines is 1. The Morgan fingerprint density at radius 3 is 2.68 bits per heavy atom. The van der Waals surface area contributed by atoms with Crippen LogP contribution in [0.5, 0.6) is 0 Å². The quantitative estimate of drug-likeness (QED) is 0.910. The number of carbonyl (C=O) groups is 1. The van der Waals surface area contributed by atoms with Gasteiger partial charge >= 0.3 is 0 Å². The van der Waals surface area contributed by atoms with Crippen molar-refractivity contribution in [2.45, 2.75) is 40.0 Å². The van der Waals surface area contributed by atoms with Gasteiger partial charge < -0.3 is 10.6 Å². The molecule has 4 nitrogen and oxygen atoms in total. The number of aryl methyl sites for hydroxylation is 1. The molecule has 19 heavy (non-hydrogen) atoms. The number of rotatable bonds is 3. The number of pyridine rings is 1. The molecule has 104 valence electrons. The van der Waals surface area contributed by atoms with E-state index < -0.39 is 0 Å². The van der Waals surface area contributed by atoms with Crippen LogP contribution < -0.4 is 5.73 Å². The summed E-state index contributed by atoms with van der Waals surface area (Å²) >= 11 is 0. The van der Waals surface area contributed by atoms with Crippen LogP contribution in [0.25, 0.3) is 0 Å². The predicted octanol–water partition coefficient (Wildman–Crippen LogP) is 2.62. The highest BCUT2D eigenvalue weighted by atomic mass is 16.2. The third-order valence-electron chi connectivity index (χ3n) is 4.53. The molecule has 1 aromatic heterocycles. The minimum absolute atomic E-state index is 0.0220. The average Bonchev–Trinajstić information content (AvgIpc) is 2.83. The van der Waals surface area contributed by atoms with Gasteiger partial charge in [0.15, 0.2) is 0 Å². The smallest absolute Gasteiger partial charge is 0.257 e. The molecule has 1 aromatic rings. The van der Waals surface area contributed by atoms with Crippen LogP contribution >= 0.6 is 0 Å². The molecule has 1 saturated heterocycles. The van der Waals surface area contributed by atoms with Gasteiger partial charge in [0.2, 0.25) is 0 Å². The number of nitrogens with zero attached hydrogens (tertiary/aromatic N) is 2. The number of hydrogen-bond donors (Lipinski definition) is 1. The summed E-state index contributed by atoms with van der Waals surface area (Å²) in [5.74, 6) is 0.0220. The lowest BCUT2D eigenvalue weighted by Crippen LogP contribution is -2.32. The first kappa shape index (κ1) is 13.8. The molecular weight excluding hydrogens is 238 g/mol. The first-order chi connectivity index (χ1) is 9.01. The van der Waals surface area contributed by atoms with Gasteiger partial charge in [0.25, 0.3) is 5.91 Å². The van der Waals surface area contributed by atoms with E-state index in [4.69, 9.17) is 5.73 Å². The Bertz CT molecular complexity index is 480. The molecule has 0 bridgehead atoms. The van der Waals surface area contributed by atoms with Gasteiger partial charge in [-0.05, 0) is 37.7 Å². The first-order valence-corrected chi connectivity index (χ1v) is 7.03. The minimum atomic E-state index is 0.0220. The van der Waals surface area contributed by atoms with E-state index >= 15 is 0 Å². The fraction of sp³-hybridized carbons (Fsp3) is 0.600. The normalized spacial score (nSPS) is 17.7. The molecule has 0 atom stereocenters. The summed E-state index contributed by atoms with van der Waals surface area (Å²) in [5.41, 5.74) is 8.14. The highest BCUT2D eigenvalue weighted by Gasteiger charge is 2.37. The largest absolute Gasteiger partial charge is 0.398 e. The molecule has 1 aliphatic rings. The van der Waals surface area contributed by atoms with Gasteiger partial charge in [-0.2, -0.15) is 0 Å². The second-order valence-electron chi connectivity index (χ2n) is 5.60. The van der Waals surface area contributed by atoms with E-state index in [1.165, 1.54) is 0 Å². The summed E-state index contributed by atoms with van der Waals surface area (Å²) in [7, 11) is 0. The molecule has 0 aromatic carbocycles. The Morgan fingerprint density at radius 1 is 1.47 bits per heavy atom. The fourth-order valence-electron chi connectivity index (χ4n) is 2.87. The molecule has 0 unspecified atom stereocenters. The van der Waals surface area contributed by atoms with E-state index in [0.717, 1.165) is 38.0 Å². The van der Waals surface area contributed by atoms with Crippen LogP contribution in [0.2, 0.25) is 0 Å². The van der Waals surface area contributed by atoms with Crippen molar-refractivity contribution in [1.82, 2.24) is 9.88 Å². The van der Waals surface area contributed by atoms with Gasteiger partial charge in [0.1, 0.15) is 0 Å². The van der Waals surface area contributed by atoms with Crippen molar-refractivity contribution in [1.29, 1.82) is 0 Å². The highest BCUT2D eigenvalue weighted by Crippen LogP contribution is 2.37. The van der Waals surface area contributed by atoms with Gasteiger partial charge in [0, 0.05) is 30.7 Å². The minimum Gasteiger partial charge on any atom is -0.398 e. The monoisotopic (exact) mass is 261 g/mol. The molecule has 2 N–H and O–H groups in total. The van der Waals surface area contributed by atoms with Crippen LogP contribution in [-0.2, 0) is 0 Å². The topological polar surface area (TPSA) is 59.2 Å². The number of nitrogens with two attached hydrogens (primary N) is 1. The van der Waals surface area contributed by atoms with E-state index in [2.05, 4.69) is 18.8 Å². The maximum atomic E-state index is 12.5. The summed E-state index contributed by atoms with van der Waals surface area (Å²) in [6, 6.07) is 1.76. The van der Waals surface area contributed by atoms with Gasteiger partial charge in [-0.3, -0.25) is 9.78 Å². The van der Waals surface area contributed by atoms with Crippen molar-refractivity contribution in [2.75, 3.05) is 18.8 Å². The molecule has 0 saturated carbocycles. The zero-order valence-electron chi connectivity index (χ0n) is 12.1. The van der Waals surface area contributed by atoms with Gasteiger partial charge in [-0.25, -0.2) is 0 Å². The second-order valence-corrected chi connectivity index (χ2v) is 5.60. The SMILES string of the molecule is CCC1(CC)CCN(C(=O)c2cnc(C)cc2N)C1. The van der Waals surface area contributed by atoms with Gasteiger partial charge in [-0.1, -0.05) is 13.8 Å². The lowest BCUT2D eigenvalue weighted by molar-refractivity contribution is 0.0770. The molecular formula is C15H23N3O. The van der Waals surface area contributed by atoms with Crippen molar-refractivity contribution in [3.8, 4) is 0 Å². The molecule has 2 heterocycles. The Kier molecular flexibility index (Phi) is 3.78. The van der Waals surface area contributed by atoms with Crippen molar-refractivity contribution >= 4 is 11.6 Å². The maximum Gasteiger partial charge on any atom is 0.257 e. The number of likely N-dealkylation sites (tertiary alicyclic amines) is 1. The zero-order valence-corrected chi connectivity index (χ0v) is 12.1. The summed E-state index contributed by atoms with van der Waals surface area (Å²) in [4.78, 5) is 18.6. The molecule has 1 amide bonds. The van der Waals surface area contributed by atoms with E-state index in [9.17, 15) is 4.79 Å². The van der Waals surface area contributed by atoms with Crippen LogP contribution in [-0.4, -0.2) is 28.9 Å². The Hall–Kier alpha value is -1.58. The Balaban J connectivity index is 2.17. The first-order valence-electron chi connectivity index (χ1n) is 7.03. The lowest BCUT2D eigenvalue weighted by atomic mass is 9.82. The van der Waals surface area contributed by atoms with Crippen molar-refractivity contribution in [2.24, 2.45) is 5.41 Å². The molecule has 0 spiro atoms. The van der Waals surface area contributed by atoms with Crippen molar-refractivity contribution < 1.29 is 4.79 Å². The Morgan fingerprint density at radius 2 is 2.16 bits per heavy atom. The van der Waals surface area contributed by atoms with Crippen molar-refractivity contribution in [3.05, 3.63) is 23.5 Å². The second kappa shape index (κ2) is 5.19. The molecule has 1 aliphatic heterocycles. The Labute approximate surface area is 115 Å².